The fourth-order valence-electron chi connectivity index (χ4n) is 1.07. The molecule has 0 aliphatic heterocycles. The highest BCUT2D eigenvalue weighted by molar-refractivity contribution is 7.89. The molecule has 3 N–H and O–H groups in total. The van der Waals surface area contributed by atoms with Crippen LogP contribution in [0.2, 0.25) is 0 Å². The number of hydrogen-bond acceptors (Lipinski definition) is 4. The normalized spacial score (nSPS) is 12.8. The number of rotatable bonds is 3. The third-order valence-electron chi connectivity index (χ3n) is 2.04. The van der Waals surface area contributed by atoms with Gasteiger partial charge in [0.1, 0.15) is 0 Å². The highest BCUT2D eigenvalue weighted by atomic mass is 32.2. The van der Waals surface area contributed by atoms with E-state index in [4.69, 9.17) is 5.84 Å². The summed E-state index contributed by atoms with van der Waals surface area (Å²) in [6.45, 7) is 1.75. The van der Waals surface area contributed by atoms with Gasteiger partial charge in [-0.3, -0.25) is 0 Å². The molecule has 0 saturated carbocycles. The maximum atomic E-state index is 11.4. The van der Waals surface area contributed by atoms with Gasteiger partial charge in [0.05, 0.1) is 10.6 Å². The van der Waals surface area contributed by atoms with E-state index < -0.39 is 10.0 Å². The molecule has 0 bridgehead atoms. The zero-order valence-electron chi connectivity index (χ0n) is 8.56. The Kier molecular flexibility index (Phi) is 3.43. The summed E-state index contributed by atoms with van der Waals surface area (Å²) in [5, 5.41) is 3.52. The maximum absolute atomic E-state index is 11.4. The molecule has 0 atom stereocenters. The van der Waals surface area contributed by atoms with Crippen molar-refractivity contribution >= 4 is 15.7 Å². The Hall–Kier alpha value is -1.40. The lowest BCUT2D eigenvalue weighted by molar-refractivity contribution is 0.588. The Bertz CT molecular complexity index is 463. The van der Waals surface area contributed by atoms with E-state index in [1.54, 1.807) is 19.1 Å². The molecule has 1 aromatic rings. The second-order valence-electron chi connectivity index (χ2n) is 2.95. The van der Waals surface area contributed by atoms with Crippen LogP contribution in [0.3, 0.4) is 0 Å². The molecule has 5 nitrogen and oxygen atoms in total. The number of hydrazone groups is 1. The number of hydrogen-bond donors (Lipinski definition) is 2. The van der Waals surface area contributed by atoms with E-state index >= 15 is 0 Å². The van der Waals surface area contributed by atoms with Crippen LogP contribution < -0.4 is 10.6 Å². The van der Waals surface area contributed by atoms with Crippen molar-refractivity contribution in [2.75, 3.05) is 7.05 Å². The Morgan fingerprint density at radius 1 is 1.33 bits per heavy atom. The zero-order valence-corrected chi connectivity index (χ0v) is 9.38. The minimum absolute atomic E-state index is 0.221. The summed E-state index contributed by atoms with van der Waals surface area (Å²) in [7, 11) is -2.00. The summed E-state index contributed by atoms with van der Waals surface area (Å²) in [6, 6.07) is 6.34. The Morgan fingerprint density at radius 2 is 1.87 bits per heavy atom. The smallest absolute Gasteiger partial charge is 0.240 e. The highest BCUT2D eigenvalue weighted by Gasteiger charge is 2.10. The predicted octanol–water partition coefficient (Wildman–Crippen LogP) is 0.277. The zero-order chi connectivity index (χ0) is 11.5. The van der Waals surface area contributed by atoms with Crippen LogP contribution in [0.1, 0.15) is 12.5 Å². The second-order valence-corrected chi connectivity index (χ2v) is 4.83. The predicted molar refractivity (Wildman–Crippen MR) is 59.1 cm³/mol. The number of nitrogens with two attached hydrogens (primary N) is 1. The van der Waals surface area contributed by atoms with Crippen molar-refractivity contribution in [2.24, 2.45) is 10.9 Å². The van der Waals surface area contributed by atoms with Gasteiger partial charge in [0.2, 0.25) is 10.0 Å². The highest BCUT2D eigenvalue weighted by Crippen LogP contribution is 2.10. The van der Waals surface area contributed by atoms with E-state index in [2.05, 4.69) is 9.82 Å². The van der Waals surface area contributed by atoms with E-state index in [1.807, 2.05) is 0 Å². The van der Waals surface area contributed by atoms with Gasteiger partial charge < -0.3 is 5.84 Å². The quantitative estimate of drug-likeness (QED) is 0.442. The first kappa shape index (κ1) is 11.7. The Labute approximate surface area is 89.0 Å². The van der Waals surface area contributed by atoms with Gasteiger partial charge in [0.25, 0.3) is 0 Å². The van der Waals surface area contributed by atoms with Crippen LogP contribution in [0.4, 0.5) is 0 Å². The molecule has 0 aliphatic carbocycles. The standard InChI is InChI=1S/C9H13N3O2S/c1-7(12-10)8-3-5-9(6-4-8)15(13,14)11-2/h3-6,11H,10H2,1-2H3/b12-7-. The van der Waals surface area contributed by atoms with E-state index in [1.165, 1.54) is 19.2 Å². The summed E-state index contributed by atoms with van der Waals surface area (Å²) in [6.07, 6.45) is 0. The van der Waals surface area contributed by atoms with Crippen LogP contribution in [-0.2, 0) is 10.0 Å². The minimum atomic E-state index is -3.37. The Balaban J connectivity index is 3.12. The molecule has 0 unspecified atom stereocenters. The molecule has 0 spiro atoms. The molecule has 0 saturated heterocycles. The van der Waals surface area contributed by atoms with Crippen molar-refractivity contribution in [1.29, 1.82) is 0 Å². The lowest BCUT2D eigenvalue weighted by Gasteiger charge is -2.03. The van der Waals surface area contributed by atoms with E-state index in [0.717, 1.165) is 5.56 Å². The molecular formula is C9H13N3O2S. The van der Waals surface area contributed by atoms with Gasteiger partial charge in [-0.05, 0) is 31.7 Å². The average molecular weight is 227 g/mol. The first-order valence-electron chi connectivity index (χ1n) is 4.29. The molecule has 15 heavy (non-hydrogen) atoms. The fourth-order valence-corrected chi connectivity index (χ4v) is 1.80. The third-order valence-corrected chi connectivity index (χ3v) is 3.47. The van der Waals surface area contributed by atoms with Crippen molar-refractivity contribution in [2.45, 2.75) is 11.8 Å². The molecule has 0 fully saturated rings. The molecule has 1 aromatic carbocycles. The van der Waals surface area contributed by atoms with Crippen LogP contribution in [0.5, 0.6) is 0 Å². The topological polar surface area (TPSA) is 84.5 Å². The molecule has 82 valence electrons. The van der Waals surface area contributed by atoms with Crippen LogP contribution >= 0.6 is 0 Å². The largest absolute Gasteiger partial charge is 0.323 e. The first-order chi connectivity index (χ1) is 7.01. The molecule has 1 rings (SSSR count). The molecular weight excluding hydrogens is 214 g/mol. The van der Waals surface area contributed by atoms with Crippen molar-refractivity contribution in [3.63, 3.8) is 0 Å². The third kappa shape index (κ3) is 2.54. The molecule has 0 amide bonds. The monoisotopic (exact) mass is 227 g/mol. The fraction of sp³-hybridized carbons (Fsp3) is 0.222. The summed E-state index contributed by atoms with van der Waals surface area (Å²) in [5.74, 6) is 5.11. The van der Waals surface area contributed by atoms with E-state index in [0.29, 0.717) is 5.71 Å². The molecule has 0 aromatic heterocycles. The lowest BCUT2D eigenvalue weighted by atomic mass is 10.1. The number of nitrogens with one attached hydrogen (secondary N) is 1. The molecule has 0 aliphatic rings. The number of sulfonamides is 1. The molecule has 0 radical (unpaired) electrons. The molecule has 6 heteroatoms. The van der Waals surface area contributed by atoms with Gasteiger partial charge in [-0.25, -0.2) is 13.1 Å². The summed E-state index contributed by atoms with van der Waals surface area (Å²) in [5.41, 5.74) is 1.45. The van der Waals surface area contributed by atoms with E-state index in [-0.39, 0.29) is 4.90 Å². The van der Waals surface area contributed by atoms with Crippen molar-refractivity contribution in [3.05, 3.63) is 29.8 Å². The number of nitrogens with zero attached hydrogens (tertiary/aromatic N) is 1. The molecule has 0 heterocycles. The minimum Gasteiger partial charge on any atom is -0.323 e. The first-order valence-corrected chi connectivity index (χ1v) is 5.78. The average Bonchev–Trinajstić information content (AvgIpc) is 2.28. The summed E-state index contributed by atoms with van der Waals surface area (Å²) < 4.78 is 25.0. The van der Waals surface area contributed by atoms with Gasteiger partial charge in [-0.15, -0.1) is 0 Å². The Morgan fingerprint density at radius 3 is 2.27 bits per heavy atom. The van der Waals surface area contributed by atoms with E-state index in [9.17, 15) is 8.42 Å². The lowest BCUT2D eigenvalue weighted by Crippen LogP contribution is -2.18. The maximum Gasteiger partial charge on any atom is 0.240 e. The van der Waals surface area contributed by atoms with Crippen molar-refractivity contribution in [3.8, 4) is 0 Å². The van der Waals surface area contributed by atoms with Gasteiger partial charge in [-0.1, -0.05) is 12.1 Å². The van der Waals surface area contributed by atoms with Crippen molar-refractivity contribution in [1.82, 2.24) is 4.72 Å². The van der Waals surface area contributed by atoms with Gasteiger partial charge in [0, 0.05) is 0 Å². The van der Waals surface area contributed by atoms with Crippen LogP contribution in [-0.4, -0.2) is 21.2 Å². The van der Waals surface area contributed by atoms with Crippen molar-refractivity contribution < 1.29 is 8.42 Å². The van der Waals surface area contributed by atoms with Gasteiger partial charge in [-0.2, -0.15) is 5.10 Å². The van der Waals surface area contributed by atoms with Gasteiger partial charge >= 0.3 is 0 Å². The second kappa shape index (κ2) is 4.41. The SMILES string of the molecule is CNS(=O)(=O)c1ccc(/C(C)=N\N)cc1. The van der Waals surface area contributed by atoms with Crippen LogP contribution in [0.15, 0.2) is 34.3 Å². The number of benzene rings is 1. The summed E-state index contributed by atoms with van der Waals surface area (Å²) in [4.78, 5) is 0.221. The van der Waals surface area contributed by atoms with Crippen LogP contribution in [0.25, 0.3) is 0 Å². The summed E-state index contributed by atoms with van der Waals surface area (Å²) >= 11 is 0. The van der Waals surface area contributed by atoms with Crippen LogP contribution in [0, 0.1) is 0 Å². The van der Waals surface area contributed by atoms with Gasteiger partial charge in [0.15, 0.2) is 0 Å².